The number of carbonyl (C=O) groups excluding carboxylic acids is 1. The molecule has 1 heterocycles. The summed E-state index contributed by atoms with van der Waals surface area (Å²) in [5.41, 5.74) is 0. The SMILES string of the molecule is CC(C)CC(CO)NC(=O)c1sccc1Br. The van der Waals surface area contributed by atoms with Gasteiger partial charge in [0.05, 0.1) is 12.6 Å². The van der Waals surface area contributed by atoms with Gasteiger partial charge in [0.2, 0.25) is 0 Å². The Morgan fingerprint density at radius 1 is 1.62 bits per heavy atom. The zero-order valence-electron chi connectivity index (χ0n) is 9.37. The van der Waals surface area contributed by atoms with Crippen molar-refractivity contribution in [1.29, 1.82) is 0 Å². The van der Waals surface area contributed by atoms with E-state index in [2.05, 4.69) is 35.1 Å². The van der Waals surface area contributed by atoms with Crippen molar-refractivity contribution in [3.05, 3.63) is 20.8 Å². The van der Waals surface area contributed by atoms with E-state index >= 15 is 0 Å². The van der Waals surface area contributed by atoms with Crippen molar-refractivity contribution in [1.82, 2.24) is 5.32 Å². The van der Waals surface area contributed by atoms with Crippen LogP contribution in [-0.4, -0.2) is 23.7 Å². The van der Waals surface area contributed by atoms with E-state index in [-0.39, 0.29) is 18.6 Å². The highest BCUT2D eigenvalue weighted by molar-refractivity contribution is 9.10. The highest BCUT2D eigenvalue weighted by atomic mass is 79.9. The summed E-state index contributed by atoms with van der Waals surface area (Å²) in [6, 6.07) is 1.68. The van der Waals surface area contributed by atoms with E-state index in [1.807, 2.05) is 11.4 Å². The molecule has 90 valence electrons. The van der Waals surface area contributed by atoms with Gasteiger partial charge in [-0.2, -0.15) is 0 Å². The average Bonchev–Trinajstić information content (AvgIpc) is 2.62. The molecular weight excluding hydrogens is 290 g/mol. The molecular formula is C11H16BrNO2S. The minimum Gasteiger partial charge on any atom is -0.394 e. The first-order valence-electron chi connectivity index (χ1n) is 5.19. The third-order valence-electron chi connectivity index (χ3n) is 2.13. The number of hydrogen-bond donors (Lipinski definition) is 2. The Kier molecular flexibility index (Phi) is 5.44. The lowest BCUT2D eigenvalue weighted by molar-refractivity contribution is 0.0912. The van der Waals surface area contributed by atoms with Crippen LogP contribution in [0.5, 0.6) is 0 Å². The fourth-order valence-corrected chi connectivity index (χ4v) is 2.91. The molecule has 0 radical (unpaired) electrons. The first-order chi connectivity index (χ1) is 7.54. The van der Waals surface area contributed by atoms with Gasteiger partial charge in [-0.25, -0.2) is 0 Å². The molecule has 2 N–H and O–H groups in total. The summed E-state index contributed by atoms with van der Waals surface area (Å²) >= 11 is 4.71. The van der Waals surface area contributed by atoms with Crippen molar-refractivity contribution in [3.8, 4) is 0 Å². The van der Waals surface area contributed by atoms with Crippen LogP contribution in [0.3, 0.4) is 0 Å². The molecule has 1 rings (SSSR count). The van der Waals surface area contributed by atoms with Crippen molar-refractivity contribution in [2.45, 2.75) is 26.3 Å². The molecule has 5 heteroatoms. The smallest absolute Gasteiger partial charge is 0.262 e. The largest absolute Gasteiger partial charge is 0.394 e. The lowest BCUT2D eigenvalue weighted by Crippen LogP contribution is -2.38. The predicted octanol–water partition coefficient (Wildman–Crippen LogP) is 2.65. The van der Waals surface area contributed by atoms with Gasteiger partial charge < -0.3 is 10.4 Å². The van der Waals surface area contributed by atoms with E-state index in [0.717, 1.165) is 10.9 Å². The molecule has 16 heavy (non-hydrogen) atoms. The summed E-state index contributed by atoms with van der Waals surface area (Å²) in [5.74, 6) is 0.325. The van der Waals surface area contributed by atoms with Crippen LogP contribution in [-0.2, 0) is 0 Å². The Hall–Kier alpha value is -0.390. The first kappa shape index (κ1) is 13.7. The van der Waals surface area contributed by atoms with Crippen LogP contribution in [0.15, 0.2) is 15.9 Å². The molecule has 0 bridgehead atoms. The van der Waals surface area contributed by atoms with E-state index < -0.39 is 0 Å². The molecule has 0 aliphatic heterocycles. The Bertz CT molecular complexity index is 352. The first-order valence-corrected chi connectivity index (χ1v) is 6.86. The lowest BCUT2D eigenvalue weighted by Gasteiger charge is -2.17. The second-order valence-electron chi connectivity index (χ2n) is 4.08. The molecule has 0 aliphatic rings. The number of hydrogen-bond acceptors (Lipinski definition) is 3. The van der Waals surface area contributed by atoms with Gasteiger partial charge in [0.15, 0.2) is 0 Å². The summed E-state index contributed by atoms with van der Waals surface area (Å²) in [7, 11) is 0. The summed E-state index contributed by atoms with van der Waals surface area (Å²) < 4.78 is 0.802. The minimum absolute atomic E-state index is 0.0209. The predicted molar refractivity (Wildman–Crippen MR) is 69.8 cm³/mol. The van der Waals surface area contributed by atoms with Crippen molar-refractivity contribution >= 4 is 33.2 Å². The number of aliphatic hydroxyl groups excluding tert-OH is 1. The van der Waals surface area contributed by atoms with E-state index in [0.29, 0.717) is 10.8 Å². The number of aliphatic hydroxyl groups is 1. The molecule has 0 spiro atoms. The topological polar surface area (TPSA) is 49.3 Å². The van der Waals surface area contributed by atoms with Gasteiger partial charge in [0, 0.05) is 4.47 Å². The summed E-state index contributed by atoms with van der Waals surface area (Å²) in [6.45, 7) is 4.11. The van der Waals surface area contributed by atoms with E-state index in [9.17, 15) is 4.79 Å². The average molecular weight is 306 g/mol. The summed E-state index contributed by atoms with van der Waals surface area (Å²) in [4.78, 5) is 12.5. The molecule has 0 aliphatic carbocycles. The second kappa shape index (κ2) is 6.37. The van der Waals surface area contributed by atoms with Gasteiger partial charge in [-0.05, 0) is 39.7 Å². The molecule has 1 unspecified atom stereocenters. The van der Waals surface area contributed by atoms with Crippen LogP contribution < -0.4 is 5.32 Å². The van der Waals surface area contributed by atoms with Crippen molar-refractivity contribution in [2.24, 2.45) is 5.92 Å². The van der Waals surface area contributed by atoms with Gasteiger partial charge in [-0.1, -0.05) is 13.8 Å². The third kappa shape index (κ3) is 3.88. The molecule has 1 aromatic heterocycles. The molecule has 1 amide bonds. The third-order valence-corrected chi connectivity index (χ3v) is 3.97. The normalized spacial score (nSPS) is 12.8. The highest BCUT2D eigenvalue weighted by Crippen LogP contribution is 2.22. The number of amides is 1. The fraction of sp³-hybridized carbons (Fsp3) is 0.545. The number of halogens is 1. The lowest BCUT2D eigenvalue weighted by atomic mass is 10.0. The zero-order chi connectivity index (χ0) is 12.1. The fourth-order valence-electron chi connectivity index (χ4n) is 1.45. The summed E-state index contributed by atoms with van der Waals surface area (Å²) in [6.07, 6.45) is 0.783. The molecule has 1 atom stereocenters. The van der Waals surface area contributed by atoms with Gasteiger partial charge in [-0.3, -0.25) is 4.79 Å². The Balaban J connectivity index is 2.59. The molecule has 0 aromatic carbocycles. The van der Waals surface area contributed by atoms with Crippen LogP contribution in [0, 0.1) is 5.92 Å². The number of thiophene rings is 1. The van der Waals surface area contributed by atoms with E-state index in [1.54, 1.807) is 0 Å². The quantitative estimate of drug-likeness (QED) is 0.878. The summed E-state index contributed by atoms with van der Waals surface area (Å²) in [5, 5.41) is 13.9. The van der Waals surface area contributed by atoms with Crippen LogP contribution in [0.2, 0.25) is 0 Å². The molecule has 0 saturated heterocycles. The molecule has 3 nitrogen and oxygen atoms in total. The molecule has 1 aromatic rings. The van der Waals surface area contributed by atoms with Crippen LogP contribution >= 0.6 is 27.3 Å². The maximum Gasteiger partial charge on any atom is 0.262 e. The van der Waals surface area contributed by atoms with Gasteiger partial charge in [0.1, 0.15) is 4.88 Å². The zero-order valence-corrected chi connectivity index (χ0v) is 11.8. The Labute approximate surface area is 108 Å². The number of carbonyl (C=O) groups is 1. The monoisotopic (exact) mass is 305 g/mol. The van der Waals surface area contributed by atoms with E-state index in [1.165, 1.54) is 11.3 Å². The van der Waals surface area contributed by atoms with E-state index in [4.69, 9.17) is 5.11 Å². The second-order valence-corrected chi connectivity index (χ2v) is 5.85. The van der Waals surface area contributed by atoms with Crippen LogP contribution in [0.1, 0.15) is 29.9 Å². The van der Waals surface area contributed by atoms with Crippen molar-refractivity contribution in [2.75, 3.05) is 6.61 Å². The maximum atomic E-state index is 11.8. The minimum atomic E-state index is -0.165. The van der Waals surface area contributed by atoms with Gasteiger partial charge in [0.25, 0.3) is 5.91 Å². The highest BCUT2D eigenvalue weighted by Gasteiger charge is 2.16. The van der Waals surface area contributed by atoms with Crippen LogP contribution in [0.4, 0.5) is 0 Å². The molecule has 0 saturated carbocycles. The Morgan fingerprint density at radius 3 is 2.75 bits per heavy atom. The van der Waals surface area contributed by atoms with Crippen molar-refractivity contribution in [3.63, 3.8) is 0 Å². The maximum absolute atomic E-state index is 11.8. The molecule has 0 fully saturated rings. The van der Waals surface area contributed by atoms with Crippen LogP contribution in [0.25, 0.3) is 0 Å². The van der Waals surface area contributed by atoms with Gasteiger partial charge >= 0.3 is 0 Å². The Morgan fingerprint density at radius 2 is 2.31 bits per heavy atom. The van der Waals surface area contributed by atoms with Crippen molar-refractivity contribution < 1.29 is 9.90 Å². The number of nitrogens with one attached hydrogen (secondary N) is 1. The van der Waals surface area contributed by atoms with Gasteiger partial charge in [-0.15, -0.1) is 11.3 Å². The standard InChI is InChI=1S/C11H16BrNO2S/c1-7(2)5-8(6-14)13-11(15)10-9(12)3-4-16-10/h3-4,7-8,14H,5-6H2,1-2H3,(H,13,15). The number of rotatable bonds is 5.